The average Bonchev–Trinajstić information content (AvgIpc) is 2.52. The van der Waals surface area contributed by atoms with Crippen LogP contribution in [0, 0.1) is 11.8 Å². The van der Waals surface area contributed by atoms with Crippen molar-refractivity contribution in [3.05, 3.63) is 11.9 Å². The summed E-state index contributed by atoms with van der Waals surface area (Å²) in [6.07, 6.45) is 7.32. The van der Waals surface area contributed by atoms with Gasteiger partial charge in [-0.15, -0.1) is 0 Å². The number of hydrogen-bond acceptors (Lipinski definition) is 2. The van der Waals surface area contributed by atoms with Crippen molar-refractivity contribution in [2.75, 3.05) is 13.6 Å². The van der Waals surface area contributed by atoms with Gasteiger partial charge in [0.05, 0.1) is 4.75 Å². The van der Waals surface area contributed by atoms with E-state index in [1.54, 1.807) is 0 Å². The highest BCUT2D eigenvalue weighted by molar-refractivity contribution is 7.84. The van der Waals surface area contributed by atoms with Crippen molar-refractivity contribution in [3.8, 4) is 0 Å². The zero-order valence-corrected chi connectivity index (χ0v) is 12.8. The summed E-state index contributed by atoms with van der Waals surface area (Å²) in [5.74, 6) is 1.53. The van der Waals surface area contributed by atoms with Gasteiger partial charge in [-0.1, -0.05) is 0 Å². The Morgan fingerprint density at radius 1 is 1.28 bits per heavy atom. The summed E-state index contributed by atoms with van der Waals surface area (Å²) in [7, 11) is 1.15. The molecule has 3 rings (SSSR count). The van der Waals surface area contributed by atoms with E-state index in [0.717, 1.165) is 12.5 Å². The van der Waals surface area contributed by atoms with Crippen LogP contribution >= 0.6 is 0 Å². The lowest BCUT2D eigenvalue weighted by atomic mass is 9.83. The summed E-state index contributed by atoms with van der Waals surface area (Å²) in [6, 6.07) is 0. The average molecular weight is 270 g/mol. The molecule has 0 radical (unpaired) electrons. The molecule has 3 aliphatic rings. The molecule has 18 heavy (non-hydrogen) atoms. The predicted molar refractivity (Wildman–Crippen MR) is 77.2 cm³/mol. The normalized spacial score (nSPS) is 32.4. The molecule has 0 amide bonds. The topological polar surface area (TPSA) is 32.3 Å². The van der Waals surface area contributed by atoms with Crippen molar-refractivity contribution in [2.45, 2.75) is 51.2 Å². The SMILES string of the molecule is CN1CC2CCC(CC2)C1=CNS(=O)C(C)(C)C. The van der Waals surface area contributed by atoms with Crippen LogP contribution < -0.4 is 4.72 Å². The highest BCUT2D eigenvalue weighted by Gasteiger charge is 2.31. The first kappa shape index (κ1) is 13.9. The molecule has 4 heteroatoms. The van der Waals surface area contributed by atoms with Crippen LogP contribution in [0.1, 0.15) is 46.5 Å². The molecule has 2 heterocycles. The number of rotatable bonds is 2. The fraction of sp³-hybridized carbons (Fsp3) is 0.857. The van der Waals surface area contributed by atoms with Gasteiger partial charge in [0.1, 0.15) is 11.0 Å². The first-order valence-corrected chi connectivity index (χ1v) is 8.12. The maximum absolute atomic E-state index is 12.0. The van der Waals surface area contributed by atoms with Gasteiger partial charge in [-0.25, -0.2) is 4.21 Å². The van der Waals surface area contributed by atoms with Crippen LogP contribution in [0.2, 0.25) is 0 Å². The lowest BCUT2D eigenvalue weighted by Crippen LogP contribution is -2.32. The van der Waals surface area contributed by atoms with Gasteiger partial charge in [0.2, 0.25) is 0 Å². The largest absolute Gasteiger partial charge is 0.376 e. The molecule has 1 unspecified atom stereocenters. The van der Waals surface area contributed by atoms with Crippen LogP contribution in [0.3, 0.4) is 0 Å². The van der Waals surface area contributed by atoms with E-state index < -0.39 is 11.0 Å². The van der Waals surface area contributed by atoms with E-state index >= 15 is 0 Å². The van der Waals surface area contributed by atoms with Gasteiger partial charge in [0.15, 0.2) is 0 Å². The Balaban J connectivity index is 2.08. The smallest absolute Gasteiger partial charge is 0.122 e. The van der Waals surface area contributed by atoms with Crippen molar-refractivity contribution >= 4 is 11.0 Å². The van der Waals surface area contributed by atoms with Crippen molar-refractivity contribution < 1.29 is 4.21 Å². The predicted octanol–water partition coefficient (Wildman–Crippen LogP) is 2.63. The second-order valence-electron chi connectivity index (χ2n) is 6.67. The molecule has 1 atom stereocenters. The Morgan fingerprint density at radius 3 is 2.44 bits per heavy atom. The minimum Gasteiger partial charge on any atom is -0.376 e. The second kappa shape index (κ2) is 5.24. The van der Waals surface area contributed by atoms with Crippen molar-refractivity contribution in [1.29, 1.82) is 0 Å². The maximum Gasteiger partial charge on any atom is 0.122 e. The lowest BCUT2D eigenvalue weighted by molar-refractivity contribution is 0.322. The van der Waals surface area contributed by atoms with Gasteiger partial charge in [-0.3, -0.25) is 0 Å². The number of hydrogen-bond donors (Lipinski definition) is 1. The van der Waals surface area contributed by atoms with Crippen LogP contribution in [0.5, 0.6) is 0 Å². The van der Waals surface area contributed by atoms with Crippen molar-refractivity contribution in [2.24, 2.45) is 11.8 Å². The Kier molecular flexibility index (Phi) is 4.05. The Hall–Kier alpha value is -0.510. The summed E-state index contributed by atoms with van der Waals surface area (Å²) in [4.78, 5) is 2.36. The third-order valence-electron chi connectivity index (χ3n) is 4.11. The molecule has 1 N–H and O–H groups in total. The molecular formula is C14H26N2OS. The van der Waals surface area contributed by atoms with Gasteiger partial charge >= 0.3 is 0 Å². The summed E-state index contributed by atoms with van der Waals surface area (Å²) in [6.45, 7) is 7.15. The van der Waals surface area contributed by atoms with E-state index in [2.05, 4.69) is 16.7 Å². The molecule has 2 bridgehead atoms. The summed E-state index contributed by atoms with van der Waals surface area (Å²) >= 11 is 0. The molecule has 3 nitrogen and oxygen atoms in total. The van der Waals surface area contributed by atoms with Gasteiger partial charge in [0.25, 0.3) is 0 Å². The van der Waals surface area contributed by atoms with E-state index in [0.29, 0.717) is 5.92 Å². The van der Waals surface area contributed by atoms with Crippen LogP contribution in [0.15, 0.2) is 11.9 Å². The molecular weight excluding hydrogens is 244 g/mol. The zero-order chi connectivity index (χ0) is 13.3. The van der Waals surface area contributed by atoms with E-state index in [1.807, 2.05) is 27.0 Å². The van der Waals surface area contributed by atoms with Crippen LogP contribution in [-0.4, -0.2) is 27.4 Å². The maximum atomic E-state index is 12.0. The molecule has 1 aliphatic carbocycles. The van der Waals surface area contributed by atoms with E-state index in [9.17, 15) is 4.21 Å². The summed E-state index contributed by atoms with van der Waals surface area (Å²) in [5, 5.41) is 0. The third kappa shape index (κ3) is 3.08. The minimum absolute atomic E-state index is 0.210. The molecule has 1 saturated carbocycles. The monoisotopic (exact) mass is 270 g/mol. The molecule has 3 fully saturated rings. The Labute approximate surface area is 114 Å². The standard InChI is InChI=1S/C14H26N2OS/c1-14(2,3)18(17)15-9-13-12-7-5-11(6-8-12)10-16(13)4/h9,11-12,15H,5-8,10H2,1-4H3. The molecule has 2 aliphatic heterocycles. The van der Waals surface area contributed by atoms with Gasteiger partial charge in [-0.2, -0.15) is 0 Å². The fourth-order valence-corrected chi connectivity index (χ4v) is 3.55. The minimum atomic E-state index is -1.02. The molecule has 0 aromatic heterocycles. The number of fused-ring (bicyclic) bond motifs is 4. The highest BCUT2D eigenvalue weighted by atomic mass is 32.2. The van der Waals surface area contributed by atoms with E-state index in [1.165, 1.54) is 31.4 Å². The first-order valence-electron chi connectivity index (χ1n) is 6.97. The van der Waals surface area contributed by atoms with Crippen LogP contribution in [0.25, 0.3) is 0 Å². The number of allylic oxidation sites excluding steroid dienone is 1. The van der Waals surface area contributed by atoms with Crippen LogP contribution in [0.4, 0.5) is 0 Å². The second-order valence-corrected chi connectivity index (χ2v) is 8.66. The quantitative estimate of drug-likeness (QED) is 0.836. The van der Waals surface area contributed by atoms with Crippen molar-refractivity contribution in [3.63, 3.8) is 0 Å². The summed E-state index contributed by atoms with van der Waals surface area (Å²) < 4.78 is 14.9. The number of nitrogens with zero attached hydrogens (tertiary/aromatic N) is 1. The first-order chi connectivity index (χ1) is 8.38. The number of nitrogens with one attached hydrogen (secondary N) is 1. The van der Waals surface area contributed by atoms with Crippen LogP contribution in [-0.2, 0) is 11.0 Å². The van der Waals surface area contributed by atoms with Gasteiger partial charge in [0, 0.05) is 31.4 Å². The zero-order valence-electron chi connectivity index (χ0n) is 12.0. The van der Waals surface area contributed by atoms with E-state index in [4.69, 9.17) is 0 Å². The molecule has 0 aromatic carbocycles. The Morgan fingerprint density at radius 2 is 1.89 bits per heavy atom. The molecule has 0 spiro atoms. The van der Waals surface area contributed by atoms with E-state index in [-0.39, 0.29) is 4.75 Å². The fourth-order valence-electron chi connectivity index (χ4n) is 2.96. The highest BCUT2D eigenvalue weighted by Crippen LogP contribution is 2.38. The molecule has 2 saturated heterocycles. The molecule has 0 aromatic rings. The third-order valence-corrected chi connectivity index (χ3v) is 5.55. The Bertz CT molecular complexity index is 351. The lowest BCUT2D eigenvalue weighted by Gasteiger charge is -2.25. The molecule has 104 valence electrons. The van der Waals surface area contributed by atoms with Gasteiger partial charge < -0.3 is 9.62 Å². The summed E-state index contributed by atoms with van der Waals surface area (Å²) in [5.41, 5.74) is 1.35. The van der Waals surface area contributed by atoms with Gasteiger partial charge in [-0.05, 0) is 52.4 Å². The van der Waals surface area contributed by atoms with Crippen molar-refractivity contribution in [1.82, 2.24) is 9.62 Å².